The monoisotopic (exact) mass is 393 g/mol. The van der Waals surface area contributed by atoms with Gasteiger partial charge in [-0.3, -0.25) is 9.69 Å². The molecule has 0 bridgehead atoms. The smallest absolute Gasteiger partial charge is 0.241 e. The maximum Gasteiger partial charge on any atom is 0.241 e. The van der Waals surface area contributed by atoms with E-state index in [1.165, 1.54) is 28.8 Å². The topological polar surface area (TPSA) is 44.8 Å². The van der Waals surface area contributed by atoms with Crippen molar-refractivity contribution in [2.45, 2.75) is 38.8 Å². The minimum atomic E-state index is -0.221. The SMILES string of the molecule is C[C@H](C(=O)Nc1ccc2c(c1)CCC2)N(C)Cc1ccccc1N1CCOCC1. The summed E-state index contributed by atoms with van der Waals surface area (Å²) in [6.45, 7) is 6.06. The Bertz CT molecular complexity index is 861. The first-order chi connectivity index (χ1) is 14.1. The molecule has 5 heteroatoms. The molecule has 1 heterocycles. The van der Waals surface area contributed by atoms with Crippen LogP contribution in [0, 0.1) is 0 Å². The number of hydrogen-bond donors (Lipinski definition) is 1. The summed E-state index contributed by atoms with van der Waals surface area (Å²) < 4.78 is 5.49. The molecule has 0 aromatic heterocycles. The van der Waals surface area contributed by atoms with Crippen LogP contribution in [0.15, 0.2) is 42.5 Å². The number of carbonyl (C=O) groups is 1. The van der Waals surface area contributed by atoms with Gasteiger partial charge in [-0.25, -0.2) is 0 Å². The first kappa shape index (κ1) is 19.9. The van der Waals surface area contributed by atoms with Crippen LogP contribution in [-0.4, -0.2) is 50.2 Å². The van der Waals surface area contributed by atoms with E-state index >= 15 is 0 Å². The number of amides is 1. The number of likely N-dealkylation sites (N-methyl/N-ethyl adjacent to an activating group) is 1. The number of para-hydroxylation sites is 1. The van der Waals surface area contributed by atoms with Crippen LogP contribution in [0.1, 0.15) is 30.0 Å². The molecule has 29 heavy (non-hydrogen) atoms. The van der Waals surface area contributed by atoms with E-state index in [0.29, 0.717) is 0 Å². The zero-order chi connectivity index (χ0) is 20.2. The number of fused-ring (bicyclic) bond motifs is 1. The van der Waals surface area contributed by atoms with Crippen molar-refractivity contribution in [3.8, 4) is 0 Å². The van der Waals surface area contributed by atoms with Gasteiger partial charge in [0.25, 0.3) is 0 Å². The number of rotatable bonds is 6. The molecule has 0 saturated carbocycles. The molecule has 1 aliphatic carbocycles. The van der Waals surface area contributed by atoms with Crippen LogP contribution in [0.2, 0.25) is 0 Å². The van der Waals surface area contributed by atoms with Crippen molar-refractivity contribution >= 4 is 17.3 Å². The zero-order valence-electron chi connectivity index (χ0n) is 17.5. The summed E-state index contributed by atoms with van der Waals surface area (Å²) in [6, 6.07) is 14.6. The molecular weight excluding hydrogens is 362 g/mol. The molecule has 1 atom stereocenters. The number of nitrogens with zero attached hydrogens (tertiary/aromatic N) is 2. The largest absolute Gasteiger partial charge is 0.378 e. The molecule has 2 aromatic carbocycles. The highest BCUT2D eigenvalue weighted by atomic mass is 16.5. The summed E-state index contributed by atoms with van der Waals surface area (Å²) in [4.78, 5) is 17.3. The Kier molecular flexibility index (Phi) is 6.16. The van der Waals surface area contributed by atoms with Gasteiger partial charge in [-0.2, -0.15) is 0 Å². The fraction of sp³-hybridized carbons (Fsp3) is 0.458. The van der Waals surface area contributed by atoms with Gasteiger partial charge in [0.2, 0.25) is 5.91 Å². The van der Waals surface area contributed by atoms with Crippen LogP contribution in [0.3, 0.4) is 0 Å². The lowest BCUT2D eigenvalue weighted by Crippen LogP contribution is -2.40. The fourth-order valence-electron chi connectivity index (χ4n) is 4.26. The molecule has 1 fully saturated rings. The Labute approximate surface area is 173 Å². The van der Waals surface area contributed by atoms with Crippen LogP contribution >= 0.6 is 0 Å². The molecular formula is C24H31N3O2. The first-order valence-electron chi connectivity index (χ1n) is 10.7. The molecule has 1 amide bonds. The van der Waals surface area contributed by atoms with Crippen molar-refractivity contribution < 1.29 is 9.53 Å². The third-order valence-corrected chi connectivity index (χ3v) is 6.17. The number of anilines is 2. The number of aryl methyl sites for hydroxylation is 2. The Balaban J connectivity index is 1.40. The Hall–Kier alpha value is -2.37. The van der Waals surface area contributed by atoms with Crippen molar-refractivity contribution in [3.63, 3.8) is 0 Å². The maximum absolute atomic E-state index is 12.9. The number of carbonyl (C=O) groups excluding carboxylic acids is 1. The van der Waals surface area contributed by atoms with Crippen LogP contribution in [0.25, 0.3) is 0 Å². The Morgan fingerprint density at radius 3 is 2.72 bits per heavy atom. The van der Waals surface area contributed by atoms with Gasteiger partial charge in [-0.15, -0.1) is 0 Å². The number of morpholine rings is 1. The molecule has 1 saturated heterocycles. The Morgan fingerprint density at radius 1 is 1.14 bits per heavy atom. The van der Waals surface area contributed by atoms with Crippen LogP contribution < -0.4 is 10.2 Å². The molecule has 4 rings (SSSR count). The van der Waals surface area contributed by atoms with E-state index < -0.39 is 0 Å². The second-order valence-electron chi connectivity index (χ2n) is 8.15. The summed E-state index contributed by atoms with van der Waals surface area (Å²) in [6.07, 6.45) is 3.49. The van der Waals surface area contributed by atoms with Gasteiger partial charge in [-0.05, 0) is 68.1 Å². The molecule has 0 spiro atoms. The highest BCUT2D eigenvalue weighted by Gasteiger charge is 2.21. The molecule has 154 valence electrons. The molecule has 1 aliphatic heterocycles. The zero-order valence-corrected chi connectivity index (χ0v) is 17.5. The van der Waals surface area contributed by atoms with Crippen LogP contribution in [0.5, 0.6) is 0 Å². The second kappa shape index (κ2) is 8.97. The quantitative estimate of drug-likeness (QED) is 0.816. The van der Waals surface area contributed by atoms with Gasteiger partial charge in [0, 0.05) is 31.0 Å². The third-order valence-electron chi connectivity index (χ3n) is 6.17. The van der Waals surface area contributed by atoms with Crippen molar-refractivity contribution in [3.05, 3.63) is 59.2 Å². The predicted molar refractivity (Wildman–Crippen MR) is 117 cm³/mol. The first-order valence-corrected chi connectivity index (χ1v) is 10.7. The number of nitrogens with one attached hydrogen (secondary N) is 1. The van der Waals surface area contributed by atoms with Crippen molar-refractivity contribution in [2.75, 3.05) is 43.6 Å². The number of hydrogen-bond acceptors (Lipinski definition) is 4. The van der Waals surface area contributed by atoms with Gasteiger partial charge in [-0.1, -0.05) is 24.3 Å². The van der Waals surface area contributed by atoms with Crippen molar-refractivity contribution in [1.82, 2.24) is 4.90 Å². The average Bonchev–Trinajstić information content (AvgIpc) is 3.22. The van der Waals surface area contributed by atoms with Gasteiger partial charge in [0.15, 0.2) is 0 Å². The normalized spacial score (nSPS) is 17.3. The van der Waals surface area contributed by atoms with Gasteiger partial charge < -0.3 is 15.0 Å². The van der Waals surface area contributed by atoms with Crippen molar-refractivity contribution in [1.29, 1.82) is 0 Å². The van der Waals surface area contributed by atoms with Crippen LogP contribution in [-0.2, 0) is 28.9 Å². The molecule has 5 nitrogen and oxygen atoms in total. The summed E-state index contributed by atoms with van der Waals surface area (Å²) in [7, 11) is 2.02. The lowest BCUT2D eigenvalue weighted by molar-refractivity contribution is -0.120. The lowest BCUT2D eigenvalue weighted by Gasteiger charge is -2.32. The molecule has 0 radical (unpaired) electrons. The van der Waals surface area contributed by atoms with E-state index in [4.69, 9.17) is 4.74 Å². The summed E-state index contributed by atoms with van der Waals surface area (Å²) >= 11 is 0. The van der Waals surface area contributed by atoms with Gasteiger partial charge in [0.1, 0.15) is 0 Å². The summed E-state index contributed by atoms with van der Waals surface area (Å²) in [5.41, 5.74) is 6.20. The molecule has 1 N–H and O–H groups in total. The minimum Gasteiger partial charge on any atom is -0.378 e. The molecule has 2 aliphatic rings. The van der Waals surface area contributed by atoms with E-state index in [9.17, 15) is 4.79 Å². The van der Waals surface area contributed by atoms with E-state index in [0.717, 1.165) is 51.4 Å². The molecule has 2 aromatic rings. The summed E-state index contributed by atoms with van der Waals surface area (Å²) in [5.74, 6) is 0.0364. The minimum absolute atomic E-state index is 0.0364. The van der Waals surface area contributed by atoms with Crippen molar-refractivity contribution in [2.24, 2.45) is 0 Å². The fourth-order valence-corrected chi connectivity index (χ4v) is 4.26. The molecule has 0 unspecified atom stereocenters. The summed E-state index contributed by atoms with van der Waals surface area (Å²) in [5, 5.41) is 3.11. The van der Waals surface area contributed by atoms with E-state index in [1.54, 1.807) is 0 Å². The maximum atomic E-state index is 12.9. The second-order valence-corrected chi connectivity index (χ2v) is 8.15. The third kappa shape index (κ3) is 4.62. The number of ether oxygens (including phenoxy) is 1. The van der Waals surface area contributed by atoms with Gasteiger partial charge in [0.05, 0.1) is 19.3 Å². The average molecular weight is 394 g/mol. The highest BCUT2D eigenvalue weighted by Crippen LogP contribution is 2.26. The van der Waals surface area contributed by atoms with E-state index in [2.05, 4.69) is 51.5 Å². The Morgan fingerprint density at radius 2 is 1.90 bits per heavy atom. The highest BCUT2D eigenvalue weighted by molar-refractivity contribution is 5.94. The standard InChI is InChI=1S/C24H31N3O2/c1-18(24(28)25-22-11-10-19-7-5-8-20(19)16-22)26(2)17-21-6-3-4-9-23(21)27-12-14-29-15-13-27/h3-4,6,9-11,16,18H,5,7-8,12-15,17H2,1-2H3,(H,25,28)/t18-/m1/s1. The van der Waals surface area contributed by atoms with E-state index in [-0.39, 0.29) is 11.9 Å². The number of benzene rings is 2. The lowest BCUT2D eigenvalue weighted by atomic mass is 10.1. The van der Waals surface area contributed by atoms with Gasteiger partial charge >= 0.3 is 0 Å². The van der Waals surface area contributed by atoms with E-state index in [1.807, 2.05) is 20.0 Å². The predicted octanol–water partition coefficient (Wildman–Crippen LogP) is 3.47. The van der Waals surface area contributed by atoms with Crippen LogP contribution in [0.4, 0.5) is 11.4 Å².